The van der Waals surface area contributed by atoms with Crippen molar-refractivity contribution in [2.75, 3.05) is 0 Å². The second-order valence-corrected chi connectivity index (χ2v) is 3.54. The third kappa shape index (κ3) is 1.72. The Morgan fingerprint density at radius 2 is 2.33 bits per heavy atom. The van der Waals surface area contributed by atoms with E-state index in [-0.39, 0.29) is 0 Å². The van der Waals surface area contributed by atoms with E-state index in [2.05, 4.69) is 19.9 Å². The molecule has 0 fully saturated rings. The van der Waals surface area contributed by atoms with Gasteiger partial charge in [0.2, 0.25) is 0 Å². The minimum atomic E-state index is 0.383. The molecule has 1 rings (SSSR count). The molecule has 0 aromatic heterocycles. The molecule has 0 aromatic carbocycles. The summed E-state index contributed by atoms with van der Waals surface area (Å²) in [6.07, 6.45) is 4.50. The largest absolute Gasteiger partial charge is 0.122 e. The fraction of sp³-hybridized carbons (Fsp3) is 0.750. The van der Waals surface area contributed by atoms with Crippen molar-refractivity contribution in [3.8, 4) is 0 Å². The van der Waals surface area contributed by atoms with E-state index in [1.165, 1.54) is 12.0 Å². The summed E-state index contributed by atoms with van der Waals surface area (Å²) in [6, 6.07) is 0. The number of allylic oxidation sites excluding steroid dienone is 2. The molecule has 0 radical (unpaired) electrons. The SMILES string of the molecule is CC1=CCC(Cl)C(C)C1. The van der Waals surface area contributed by atoms with Gasteiger partial charge in [-0.1, -0.05) is 18.6 Å². The van der Waals surface area contributed by atoms with Crippen molar-refractivity contribution in [2.45, 2.75) is 32.1 Å². The van der Waals surface area contributed by atoms with Crippen LogP contribution >= 0.6 is 11.6 Å². The highest BCUT2D eigenvalue weighted by Gasteiger charge is 2.17. The van der Waals surface area contributed by atoms with Crippen molar-refractivity contribution in [2.24, 2.45) is 5.92 Å². The van der Waals surface area contributed by atoms with Crippen molar-refractivity contribution in [3.05, 3.63) is 11.6 Å². The molecule has 0 saturated carbocycles. The van der Waals surface area contributed by atoms with Crippen LogP contribution in [-0.4, -0.2) is 5.38 Å². The lowest BCUT2D eigenvalue weighted by Crippen LogP contribution is -2.14. The third-order valence-corrected chi connectivity index (χ3v) is 2.56. The van der Waals surface area contributed by atoms with Crippen molar-refractivity contribution in [1.29, 1.82) is 0 Å². The Hall–Kier alpha value is 0.0300. The molecule has 2 unspecified atom stereocenters. The lowest BCUT2D eigenvalue weighted by Gasteiger charge is -2.21. The second-order valence-electron chi connectivity index (χ2n) is 2.98. The molecule has 0 heterocycles. The van der Waals surface area contributed by atoms with Gasteiger partial charge >= 0.3 is 0 Å². The van der Waals surface area contributed by atoms with Crippen LogP contribution in [-0.2, 0) is 0 Å². The molecule has 0 bridgehead atoms. The topological polar surface area (TPSA) is 0 Å². The highest BCUT2D eigenvalue weighted by atomic mass is 35.5. The molecule has 0 aliphatic heterocycles. The molecular formula is C8H13Cl. The van der Waals surface area contributed by atoms with Gasteiger partial charge in [-0.3, -0.25) is 0 Å². The van der Waals surface area contributed by atoms with Gasteiger partial charge in [0, 0.05) is 5.38 Å². The van der Waals surface area contributed by atoms with Gasteiger partial charge in [0.1, 0.15) is 0 Å². The van der Waals surface area contributed by atoms with Crippen LogP contribution in [0.15, 0.2) is 11.6 Å². The lowest BCUT2D eigenvalue weighted by molar-refractivity contribution is 0.518. The zero-order valence-electron chi connectivity index (χ0n) is 6.02. The smallest absolute Gasteiger partial charge is 0.0399 e. The first kappa shape index (κ1) is 7.14. The summed E-state index contributed by atoms with van der Waals surface area (Å²) in [5, 5.41) is 0.383. The summed E-state index contributed by atoms with van der Waals surface area (Å²) >= 11 is 5.99. The van der Waals surface area contributed by atoms with E-state index in [1.54, 1.807) is 0 Å². The molecule has 1 aliphatic rings. The monoisotopic (exact) mass is 144 g/mol. The predicted molar refractivity (Wildman–Crippen MR) is 41.8 cm³/mol. The molecule has 1 aliphatic carbocycles. The molecule has 0 N–H and O–H groups in total. The standard InChI is InChI=1S/C8H13Cl/c1-6-3-4-8(9)7(2)5-6/h3,7-8H,4-5H2,1-2H3. The number of hydrogen-bond donors (Lipinski definition) is 0. The molecule has 0 spiro atoms. The average Bonchev–Trinajstić information content (AvgIpc) is 1.80. The Balaban J connectivity index is 2.54. The van der Waals surface area contributed by atoms with Gasteiger partial charge in [0.25, 0.3) is 0 Å². The number of rotatable bonds is 0. The molecule has 52 valence electrons. The minimum Gasteiger partial charge on any atom is -0.122 e. The molecule has 9 heavy (non-hydrogen) atoms. The Kier molecular flexibility index (Phi) is 2.18. The lowest BCUT2D eigenvalue weighted by atomic mass is 9.91. The quantitative estimate of drug-likeness (QED) is 0.362. The van der Waals surface area contributed by atoms with Crippen LogP contribution in [0.25, 0.3) is 0 Å². The Bertz CT molecular complexity index is 127. The first-order valence-electron chi connectivity index (χ1n) is 3.50. The van der Waals surface area contributed by atoms with Gasteiger partial charge in [-0.2, -0.15) is 0 Å². The van der Waals surface area contributed by atoms with Crippen molar-refractivity contribution in [1.82, 2.24) is 0 Å². The van der Waals surface area contributed by atoms with Crippen LogP contribution in [0, 0.1) is 5.92 Å². The zero-order chi connectivity index (χ0) is 6.85. The van der Waals surface area contributed by atoms with Crippen LogP contribution < -0.4 is 0 Å². The van der Waals surface area contributed by atoms with Gasteiger partial charge in [0.05, 0.1) is 0 Å². The van der Waals surface area contributed by atoms with Crippen LogP contribution in [0.2, 0.25) is 0 Å². The van der Waals surface area contributed by atoms with Crippen LogP contribution in [0.1, 0.15) is 26.7 Å². The number of halogens is 1. The summed E-state index contributed by atoms with van der Waals surface area (Å²) in [6.45, 7) is 4.40. The highest BCUT2D eigenvalue weighted by molar-refractivity contribution is 6.20. The van der Waals surface area contributed by atoms with Crippen molar-refractivity contribution >= 4 is 11.6 Å². The van der Waals surface area contributed by atoms with Crippen LogP contribution in [0.5, 0.6) is 0 Å². The summed E-state index contributed by atoms with van der Waals surface area (Å²) in [4.78, 5) is 0. The fourth-order valence-electron chi connectivity index (χ4n) is 1.27. The first-order chi connectivity index (χ1) is 4.20. The molecular weight excluding hydrogens is 132 g/mol. The minimum absolute atomic E-state index is 0.383. The van der Waals surface area contributed by atoms with E-state index < -0.39 is 0 Å². The van der Waals surface area contributed by atoms with Crippen LogP contribution in [0.4, 0.5) is 0 Å². The zero-order valence-corrected chi connectivity index (χ0v) is 6.78. The third-order valence-electron chi connectivity index (χ3n) is 1.95. The van der Waals surface area contributed by atoms with Gasteiger partial charge < -0.3 is 0 Å². The maximum absolute atomic E-state index is 5.99. The summed E-state index contributed by atoms with van der Waals surface area (Å²) in [5.41, 5.74) is 1.50. The van der Waals surface area contributed by atoms with E-state index in [0.717, 1.165) is 6.42 Å². The molecule has 0 nitrogen and oxygen atoms in total. The van der Waals surface area contributed by atoms with Gasteiger partial charge in [-0.05, 0) is 25.7 Å². The van der Waals surface area contributed by atoms with E-state index in [4.69, 9.17) is 11.6 Å². The Labute approximate surface area is 61.9 Å². The Morgan fingerprint density at radius 3 is 2.78 bits per heavy atom. The van der Waals surface area contributed by atoms with E-state index in [0.29, 0.717) is 11.3 Å². The normalized spacial score (nSPS) is 36.1. The highest BCUT2D eigenvalue weighted by Crippen LogP contribution is 2.27. The summed E-state index contributed by atoms with van der Waals surface area (Å²) in [7, 11) is 0. The van der Waals surface area contributed by atoms with Crippen LogP contribution in [0.3, 0.4) is 0 Å². The van der Waals surface area contributed by atoms with E-state index in [9.17, 15) is 0 Å². The summed E-state index contributed by atoms with van der Waals surface area (Å²) in [5.74, 6) is 0.677. The average molecular weight is 145 g/mol. The summed E-state index contributed by atoms with van der Waals surface area (Å²) < 4.78 is 0. The number of hydrogen-bond acceptors (Lipinski definition) is 0. The van der Waals surface area contributed by atoms with Crippen molar-refractivity contribution in [3.63, 3.8) is 0 Å². The molecule has 0 saturated heterocycles. The predicted octanol–water partition coefficient (Wildman–Crippen LogP) is 2.97. The second kappa shape index (κ2) is 2.74. The van der Waals surface area contributed by atoms with E-state index >= 15 is 0 Å². The maximum atomic E-state index is 5.99. The Morgan fingerprint density at radius 1 is 1.67 bits per heavy atom. The van der Waals surface area contributed by atoms with Crippen molar-refractivity contribution < 1.29 is 0 Å². The van der Waals surface area contributed by atoms with Gasteiger partial charge in [0.15, 0.2) is 0 Å². The van der Waals surface area contributed by atoms with E-state index in [1.807, 2.05) is 0 Å². The molecule has 0 amide bonds. The maximum Gasteiger partial charge on any atom is 0.0399 e. The molecule has 0 aromatic rings. The fourth-order valence-corrected chi connectivity index (χ4v) is 1.44. The first-order valence-corrected chi connectivity index (χ1v) is 3.93. The number of alkyl halides is 1. The van der Waals surface area contributed by atoms with Gasteiger partial charge in [-0.25, -0.2) is 0 Å². The molecule has 2 atom stereocenters. The van der Waals surface area contributed by atoms with Gasteiger partial charge in [-0.15, -0.1) is 11.6 Å². The molecule has 1 heteroatoms.